The van der Waals surface area contributed by atoms with Crippen LogP contribution in [0.3, 0.4) is 0 Å². The van der Waals surface area contributed by atoms with Gasteiger partial charge >= 0.3 is 0 Å². The van der Waals surface area contributed by atoms with Gasteiger partial charge in [-0.1, -0.05) is 13.8 Å². The van der Waals surface area contributed by atoms with Crippen molar-refractivity contribution in [2.75, 3.05) is 0 Å². The minimum atomic E-state index is -1.46. The van der Waals surface area contributed by atoms with Crippen molar-refractivity contribution in [2.45, 2.75) is 45.6 Å². The maximum Gasteiger partial charge on any atom is 0.217 e. The number of Topliss-reactive ketones (excluding diaryl/α,β-unsaturated/α-hetero) is 1. The van der Waals surface area contributed by atoms with E-state index >= 15 is 0 Å². The smallest absolute Gasteiger partial charge is 0.217 e. The van der Waals surface area contributed by atoms with Crippen molar-refractivity contribution >= 4 is 23.9 Å². The fourth-order valence-corrected chi connectivity index (χ4v) is 2.15. The van der Waals surface area contributed by atoms with Gasteiger partial charge in [0.15, 0.2) is 5.78 Å². The number of rotatable bonds is 6. The normalized spacial score (nSPS) is 19.8. The number of amides is 1. The number of aliphatic hydroxyl groups excluding tert-OH is 1. The molecular weight excluding hydrogens is 276 g/mol. The minimum absolute atomic E-state index is 0.0136. The van der Waals surface area contributed by atoms with E-state index in [1.165, 1.54) is 0 Å². The third-order valence-corrected chi connectivity index (χ3v) is 3.22. The Morgan fingerprint density at radius 2 is 2.10 bits per heavy atom. The molecule has 3 N–H and O–H groups in total. The van der Waals surface area contributed by atoms with E-state index in [-0.39, 0.29) is 41.8 Å². The highest BCUT2D eigenvalue weighted by atomic mass is 16.4. The summed E-state index contributed by atoms with van der Waals surface area (Å²) in [6.45, 7) is 3.71. The molecule has 7 nitrogen and oxygen atoms in total. The molecule has 0 saturated carbocycles. The Kier molecular flexibility index (Phi) is 5.23. The number of aliphatic imine (C=N–C) groups is 1. The molecule has 7 heteroatoms. The van der Waals surface area contributed by atoms with Crippen molar-refractivity contribution in [1.29, 1.82) is 0 Å². The Hall–Kier alpha value is -2.18. The molecule has 1 unspecified atom stereocenters. The van der Waals surface area contributed by atoms with Crippen LogP contribution in [-0.2, 0) is 14.4 Å². The van der Waals surface area contributed by atoms with Gasteiger partial charge in [-0.05, 0) is 11.8 Å². The fourth-order valence-electron chi connectivity index (χ4n) is 2.15. The Morgan fingerprint density at radius 3 is 2.57 bits per heavy atom. The molecule has 1 aliphatic rings. The first-order chi connectivity index (χ1) is 9.62. The van der Waals surface area contributed by atoms with E-state index in [9.17, 15) is 24.6 Å². The van der Waals surface area contributed by atoms with E-state index < -0.39 is 17.9 Å². The molecule has 116 valence electrons. The van der Waals surface area contributed by atoms with Crippen LogP contribution in [0.15, 0.2) is 16.3 Å². The molecule has 0 aromatic rings. The first-order valence-electron chi connectivity index (χ1n) is 6.60. The van der Waals surface area contributed by atoms with E-state index in [0.29, 0.717) is 6.42 Å². The maximum atomic E-state index is 11.9. The van der Waals surface area contributed by atoms with Crippen LogP contribution < -0.4 is 10.8 Å². The number of carbonyl (C=O) groups excluding carboxylic acids is 3. The summed E-state index contributed by atoms with van der Waals surface area (Å²) >= 11 is 0. The van der Waals surface area contributed by atoms with Crippen molar-refractivity contribution in [3.05, 3.63) is 11.3 Å². The number of ketones is 1. The lowest BCUT2D eigenvalue weighted by Crippen LogP contribution is -2.35. The zero-order valence-electron chi connectivity index (χ0n) is 12.1. The monoisotopic (exact) mass is 295 g/mol. The summed E-state index contributed by atoms with van der Waals surface area (Å²) in [5, 5.41) is 20.8. The topological polar surface area (TPSA) is 133 Å². The molecule has 0 saturated heterocycles. The summed E-state index contributed by atoms with van der Waals surface area (Å²) in [6, 6.07) is -1.28. The number of carboxylic acids is 1. The molecule has 0 radical (unpaired) electrons. The van der Waals surface area contributed by atoms with Gasteiger partial charge in [0.1, 0.15) is 5.76 Å². The lowest BCUT2D eigenvalue weighted by atomic mass is 9.77. The number of allylic oxidation sites excluding steroid dienone is 2. The van der Waals surface area contributed by atoms with Gasteiger partial charge in [0.2, 0.25) is 5.91 Å². The van der Waals surface area contributed by atoms with Crippen LogP contribution in [0.1, 0.15) is 39.5 Å². The number of carbonyl (C=O) groups is 3. The van der Waals surface area contributed by atoms with Crippen molar-refractivity contribution in [1.82, 2.24) is 0 Å². The molecule has 1 atom stereocenters. The second kappa shape index (κ2) is 6.51. The molecule has 0 spiro atoms. The largest absolute Gasteiger partial charge is 0.548 e. The highest BCUT2D eigenvalue weighted by Gasteiger charge is 2.32. The van der Waals surface area contributed by atoms with E-state index in [1.54, 1.807) is 0 Å². The highest BCUT2D eigenvalue weighted by Crippen LogP contribution is 2.35. The van der Waals surface area contributed by atoms with Crippen LogP contribution in [0.4, 0.5) is 0 Å². The molecular formula is C14H19N2O5-. The van der Waals surface area contributed by atoms with Crippen molar-refractivity contribution in [3.8, 4) is 0 Å². The number of nitrogens with two attached hydrogens (primary N) is 1. The summed E-state index contributed by atoms with van der Waals surface area (Å²) in [6.07, 6.45) is 1.35. The second-order valence-electron chi connectivity index (χ2n) is 5.92. The maximum absolute atomic E-state index is 11.9. The summed E-state index contributed by atoms with van der Waals surface area (Å²) in [5.41, 5.74) is 4.62. The lowest BCUT2D eigenvalue weighted by molar-refractivity contribution is -0.307. The van der Waals surface area contributed by atoms with E-state index in [0.717, 1.165) is 6.21 Å². The molecule has 1 aliphatic carbocycles. The van der Waals surface area contributed by atoms with Gasteiger partial charge in [0, 0.05) is 25.5 Å². The molecule has 0 fully saturated rings. The number of hydrogen-bond acceptors (Lipinski definition) is 6. The number of nitrogens with zero attached hydrogens (tertiary/aromatic N) is 1. The van der Waals surface area contributed by atoms with E-state index in [4.69, 9.17) is 5.73 Å². The van der Waals surface area contributed by atoms with Gasteiger partial charge in [-0.15, -0.1) is 0 Å². The third kappa shape index (κ3) is 5.02. The zero-order chi connectivity index (χ0) is 16.2. The number of hydrogen-bond donors (Lipinski definition) is 2. The van der Waals surface area contributed by atoms with Gasteiger partial charge in [0.25, 0.3) is 0 Å². The molecule has 21 heavy (non-hydrogen) atoms. The van der Waals surface area contributed by atoms with Crippen LogP contribution in [-0.4, -0.2) is 35.0 Å². The average Bonchev–Trinajstić information content (AvgIpc) is 2.29. The molecule has 1 amide bonds. The number of aliphatic hydroxyl groups is 1. The van der Waals surface area contributed by atoms with Gasteiger partial charge < -0.3 is 20.7 Å². The first-order valence-corrected chi connectivity index (χ1v) is 6.60. The Bertz CT molecular complexity index is 519. The number of aliphatic carboxylic acids is 1. The van der Waals surface area contributed by atoms with Gasteiger partial charge in [-0.2, -0.15) is 0 Å². The molecule has 0 heterocycles. The van der Waals surface area contributed by atoms with Crippen LogP contribution in [0.2, 0.25) is 0 Å². The predicted octanol–water partition coefficient (Wildman–Crippen LogP) is -0.358. The van der Waals surface area contributed by atoms with Gasteiger partial charge in [-0.25, -0.2) is 0 Å². The van der Waals surface area contributed by atoms with Crippen molar-refractivity contribution in [3.63, 3.8) is 0 Å². The summed E-state index contributed by atoms with van der Waals surface area (Å²) < 4.78 is 0. The molecule has 0 aromatic heterocycles. The van der Waals surface area contributed by atoms with Crippen LogP contribution in [0, 0.1) is 5.41 Å². The van der Waals surface area contributed by atoms with Crippen molar-refractivity contribution in [2.24, 2.45) is 16.1 Å². The highest BCUT2D eigenvalue weighted by molar-refractivity contribution is 6.14. The van der Waals surface area contributed by atoms with Gasteiger partial charge in [-0.3, -0.25) is 14.6 Å². The van der Waals surface area contributed by atoms with E-state index in [1.807, 2.05) is 13.8 Å². The van der Waals surface area contributed by atoms with Crippen LogP contribution in [0.25, 0.3) is 0 Å². The van der Waals surface area contributed by atoms with Crippen molar-refractivity contribution < 1.29 is 24.6 Å². The number of primary amides is 1. The minimum Gasteiger partial charge on any atom is -0.548 e. The summed E-state index contributed by atoms with van der Waals surface area (Å²) in [7, 11) is 0. The zero-order valence-corrected chi connectivity index (χ0v) is 12.1. The Balaban J connectivity index is 2.88. The molecule has 0 aliphatic heterocycles. The SMILES string of the molecule is CC1(C)CC(=O)C(C=NC(CCC(N)=O)C(=O)[O-])=C(O)C1. The average molecular weight is 295 g/mol. The van der Waals surface area contributed by atoms with Crippen LogP contribution in [0.5, 0.6) is 0 Å². The Labute approximate surface area is 122 Å². The third-order valence-electron chi connectivity index (χ3n) is 3.22. The first kappa shape index (κ1) is 16.9. The molecule has 1 rings (SSSR count). The molecule has 0 bridgehead atoms. The van der Waals surface area contributed by atoms with Crippen LogP contribution >= 0.6 is 0 Å². The fraction of sp³-hybridized carbons (Fsp3) is 0.571. The second-order valence-corrected chi connectivity index (χ2v) is 5.92. The standard InChI is InChI=1S/C14H20N2O5/c1-14(2)5-10(17)8(11(18)6-14)7-16-9(13(20)21)3-4-12(15)19/h7,9,17H,3-6H2,1-2H3,(H2,15,19)(H,20,21)/p-1. The quantitative estimate of drug-likeness (QED) is 0.646. The summed E-state index contributed by atoms with van der Waals surface area (Å²) in [4.78, 5) is 37.2. The number of carboxylic acid groups (broad SMARTS) is 1. The van der Waals surface area contributed by atoms with Gasteiger partial charge in [0.05, 0.1) is 17.6 Å². The summed E-state index contributed by atoms with van der Waals surface area (Å²) in [5.74, 6) is -2.50. The molecule has 0 aromatic carbocycles. The van der Waals surface area contributed by atoms with E-state index in [2.05, 4.69) is 4.99 Å². The predicted molar refractivity (Wildman–Crippen MR) is 73.4 cm³/mol. The lowest BCUT2D eigenvalue weighted by Gasteiger charge is -2.28. The Morgan fingerprint density at radius 1 is 1.48 bits per heavy atom.